The van der Waals surface area contributed by atoms with Crippen LogP contribution in [0, 0.1) is 0 Å². The molecule has 2 aliphatic rings. The van der Waals surface area contributed by atoms with E-state index < -0.39 is 0 Å². The van der Waals surface area contributed by atoms with Gasteiger partial charge >= 0.3 is 0 Å². The SMILES string of the molecule is CC1=CCCn2c1nnc2-c1csc(C2CC2)n1. The van der Waals surface area contributed by atoms with Crippen molar-refractivity contribution in [3.8, 4) is 11.5 Å². The highest BCUT2D eigenvalue weighted by atomic mass is 32.1. The summed E-state index contributed by atoms with van der Waals surface area (Å²) in [4.78, 5) is 4.72. The van der Waals surface area contributed by atoms with Crippen LogP contribution in [0.1, 0.15) is 42.9 Å². The second-order valence-corrected chi connectivity index (χ2v) is 5.91. The Bertz CT molecular complexity index is 633. The molecule has 92 valence electrons. The van der Waals surface area contributed by atoms with Crippen molar-refractivity contribution in [2.45, 2.75) is 38.6 Å². The normalized spacial score (nSPS) is 18.6. The molecule has 0 N–H and O–H groups in total. The van der Waals surface area contributed by atoms with E-state index in [0.717, 1.165) is 30.3 Å². The van der Waals surface area contributed by atoms with E-state index in [1.54, 1.807) is 11.3 Å². The van der Waals surface area contributed by atoms with Crippen LogP contribution < -0.4 is 0 Å². The molecule has 0 spiro atoms. The second-order valence-electron chi connectivity index (χ2n) is 5.02. The van der Waals surface area contributed by atoms with Crippen molar-refractivity contribution < 1.29 is 0 Å². The van der Waals surface area contributed by atoms with Gasteiger partial charge in [-0.15, -0.1) is 21.5 Å². The molecule has 0 bridgehead atoms. The summed E-state index contributed by atoms with van der Waals surface area (Å²) in [6, 6.07) is 0. The Morgan fingerprint density at radius 2 is 2.11 bits per heavy atom. The molecule has 1 aliphatic heterocycles. The molecular formula is C13H14N4S. The first kappa shape index (κ1) is 10.4. The zero-order chi connectivity index (χ0) is 12.1. The smallest absolute Gasteiger partial charge is 0.183 e. The quantitative estimate of drug-likeness (QED) is 0.831. The number of rotatable bonds is 2. The van der Waals surface area contributed by atoms with Crippen molar-refractivity contribution in [3.05, 3.63) is 22.3 Å². The highest BCUT2D eigenvalue weighted by Crippen LogP contribution is 2.42. The first-order valence-corrected chi connectivity index (χ1v) is 7.27. The van der Waals surface area contributed by atoms with Gasteiger partial charge in [-0.2, -0.15) is 0 Å². The van der Waals surface area contributed by atoms with E-state index in [1.165, 1.54) is 23.4 Å². The maximum absolute atomic E-state index is 4.72. The van der Waals surface area contributed by atoms with Crippen molar-refractivity contribution in [1.82, 2.24) is 19.7 Å². The van der Waals surface area contributed by atoms with Crippen LogP contribution in [0.3, 0.4) is 0 Å². The van der Waals surface area contributed by atoms with Gasteiger partial charge in [-0.1, -0.05) is 6.08 Å². The summed E-state index contributed by atoms with van der Waals surface area (Å²) in [5, 5.41) is 12.0. The van der Waals surface area contributed by atoms with Crippen LogP contribution in [0.5, 0.6) is 0 Å². The van der Waals surface area contributed by atoms with Crippen LogP contribution in [-0.2, 0) is 6.54 Å². The molecule has 0 saturated heterocycles. The molecule has 4 nitrogen and oxygen atoms in total. The molecule has 0 aromatic carbocycles. The molecule has 2 aromatic rings. The van der Waals surface area contributed by atoms with Gasteiger partial charge < -0.3 is 4.57 Å². The predicted octanol–water partition coefficient (Wildman–Crippen LogP) is 3.09. The summed E-state index contributed by atoms with van der Waals surface area (Å²) < 4.78 is 2.20. The molecule has 1 aliphatic carbocycles. The van der Waals surface area contributed by atoms with Gasteiger partial charge in [-0.3, -0.25) is 0 Å². The number of hydrogen-bond acceptors (Lipinski definition) is 4. The van der Waals surface area contributed by atoms with Crippen LogP contribution in [0.2, 0.25) is 0 Å². The molecular weight excluding hydrogens is 244 g/mol. The Labute approximate surface area is 109 Å². The van der Waals surface area contributed by atoms with Crippen molar-refractivity contribution >= 4 is 16.9 Å². The summed E-state index contributed by atoms with van der Waals surface area (Å²) in [6.45, 7) is 3.06. The van der Waals surface area contributed by atoms with Gasteiger partial charge in [0.15, 0.2) is 11.6 Å². The first-order valence-electron chi connectivity index (χ1n) is 6.39. The third kappa shape index (κ3) is 1.54. The molecule has 18 heavy (non-hydrogen) atoms. The fraction of sp³-hybridized carbons (Fsp3) is 0.462. The molecule has 0 unspecified atom stereocenters. The minimum absolute atomic E-state index is 0.717. The summed E-state index contributed by atoms with van der Waals surface area (Å²) >= 11 is 1.76. The number of hydrogen-bond donors (Lipinski definition) is 0. The van der Waals surface area contributed by atoms with Gasteiger partial charge in [0.1, 0.15) is 5.69 Å². The maximum atomic E-state index is 4.72. The minimum atomic E-state index is 0.717. The van der Waals surface area contributed by atoms with Crippen LogP contribution >= 0.6 is 11.3 Å². The molecule has 1 saturated carbocycles. The Morgan fingerprint density at radius 1 is 1.28 bits per heavy atom. The Balaban J connectivity index is 1.77. The first-order chi connectivity index (χ1) is 8.83. The Hall–Kier alpha value is -1.49. The summed E-state index contributed by atoms with van der Waals surface area (Å²) in [5.74, 6) is 2.65. The van der Waals surface area contributed by atoms with Gasteiger partial charge in [0, 0.05) is 17.8 Å². The van der Waals surface area contributed by atoms with E-state index in [-0.39, 0.29) is 0 Å². The Morgan fingerprint density at radius 3 is 2.94 bits per heavy atom. The zero-order valence-corrected chi connectivity index (χ0v) is 11.1. The third-order valence-electron chi connectivity index (χ3n) is 3.58. The standard InChI is InChI=1S/C13H14N4S/c1-8-3-2-6-17-11(8)15-16-12(17)10-7-18-13(14-10)9-4-5-9/h3,7,9H,2,4-6H2,1H3. The Kier molecular flexibility index (Phi) is 2.17. The lowest BCUT2D eigenvalue weighted by Gasteiger charge is -2.12. The predicted molar refractivity (Wildman–Crippen MR) is 71.4 cm³/mol. The molecule has 4 rings (SSSR count). The van der Waals surface area contributed by atoms with Crippen LogP contribution in [0.4, 0.5) is 0 Å². The largest absolute Gasteiger partial charge is 0.306 e. The molecule has 0 amide bonds. The van der Waals surface area contributed by atoms with Crippen molar-refractivity contribution in [2.24, 2.45) is 0 Å². The lowest BCUT2D eigenvalue weighted by molar-refractivity contribution is 0.687. The molecule has 5 heteroatoms. The van der Waals surface area contributed by atoms with Gasteiger partial charge in [-0.05, 0) is 31.8 Å². The highest BCUT2D eigenvalue weighted by Gasteiger charge is 2.28. The highest BCUT2D eigenvalue weighted by molar-refractivity contribution is 7.10. The maximum Gasteiger partial charge on any atom is 0.183 e. The molecule has 3 heterocycles. The number of fused-ring (bicyclic) bond motifs is 1. The minimum Gasteiger partial charge on any atom is -0.306 e. The van der Waals surface area contributed by atoms with Crippen molar-refractivity contribution in [2.75, 3.05) is 0 Å². The van der Waals surface area contributed by atoms with Gasteiger partial charge in [0.05, 0.1) is 5.01 Å². The fourth-order valence-electron chi connectivity index (χ4n) is 2.41. The third-order valence-corrected chi connectivity index (χ3v) is 4.59. The topological polar surface area (TPSA) is 43.6 Å². The molecule has 2 aromatic heterocycles. The van der Waals surface area contributed by atoms with E-state index in [1.807, 2.05) is 0 Å². The summed E-state index contributed by atoms with van der Waals surface area (Å²) in [5.41, 5.74) is 2.22. The average molecular weight is 258 g/mol. The van der Waals surface area contributed by atoms with E-state index in [9.17, 15) is 0 Å². The van der Waals surface area contributed by atoms with Crippen LogP contribution in [-0.4, -0.2) is 19.7 Å². The number of aromatic nitrogens is 4. The van der Waals surface area contributed by atoms with Crippen LogP contribution in [0.25, 0.3) is 17.1 Å². The fourth-order valence-corrected chi connectivity index (χ4v) is 3.38. The number of thiazole rings is 1. The van der Waals surface area contributed by atoms with Crippen molar-refractivity contribution in [1.29, 1.82) is 0 Å². The average Bonchev–Trinajstić information content (AvgIpc) is 2.95. The molecule has 0 radical (unpaired) electrons. The summed E-state index contributed by atoms with van der Waals surface area (Å²) in [6.07, 6.45) is 5.88. The summed E-state index contributed by atoms with van der Waals surface area (Å²) in [7, 11) is 0. The van der Waals surface area contributed by atoms with Gasteiger partial charge in [0.2, 0.25) is 0 Å². The molecule has 0 atom stereocenters. The van der Waals surface area contributed by atoms with Crippen LogP contribution in [0.15, 0.2) is 11.5 Å². The van der Waals surface area contributed by atoms with E-state index in [2.05, 4.69) is 33.1 Å². The van der Waals surface area contributed by atoms with Gasteiger partial charge in [0.25, 0.3) is 0 Å². The van der Waals surface area contributed by atoms with Gasteiger partial charge in [-0.25, -0.2) is 4.98 Å². The van der Waals surface area contributed by atoms with Crippen molar-refractivity contribution in [3.63, 3.8) is 0 Å². The van der Waals surface area contributed by atoms with E-state index in [0.29, 0.717) is 5.92 Å². The number of allylic oxidation sites excluding steroid dienone is 2. The molecule has 1 fully saturated rings. The zero-order valence-electron chi connectivity index (χ0n) is 10.3. The lowest BCUT2D eigenvalue weighted by atomic mass is 10.1. The monoisotopic (exact) mass is 258 g/mol. The van der Waals surface area contributed by atoms with E-state index in [4.69, 9.17) is 4.98 Å². The second kappa shape index (κ2) is 3.75. The lowest BCUT2D eigenvalue weighted by Crippen LogP contribution is -2.08. The van der Waals surface area contributed by atoms with E-state index >= 15 is 0 Å². The number of nitrogens with zero attached hydrogens (tertiary/aromatic N) is 4.